The lowest BCUT2D eigenvalue weighted by Crippen LogP contribution is -2.46. The van der Waals surface area contributed by atoms with Gasteiger partial charge in [-0.3, -0.25) is 0 Å². The molecule has 12 nitrogen and oxygen atoms in total. The Morgan fingerprint density at radius 2 is 1.91 bits per heavy atom. The zero-order valence-corrected chi connectivity index (χ0v) is 20.4. The Labute approximate surface area is 199 Å². The number of hydrogen-bond donors (Lipinski definition) is 1. The number of methoxy groups -OCH3 is 1. The molecule has 2 aromatic rings. The summed E-state index contributed by atoms with van der Waals surface area (Å²) in [5, 5.41) is 0. The van der Waals surface area contributed by atoms with E-state index in [1.807, 2.05) is 0 Å². The van der Waals surface area contributed by atoms with Gasteiger partial charge in [-0.25, -0.2) is 23.4 Å². The van der Waals surface area contributed by atoms with Crippen LogP contribution in [-0.2, 0) is 25.9 Å². The minimum Gasteiger partial charge on any atom is -0.378 e. The largest absolute Gasteiger partial charge is 0.378 e. The Hall–Kier alpha value is -2.61. The van der Waals surface area contributed by atoms with E-state index in [9.17, 15) is 8.42 Å². The van der Waals surface area contributed by atoms with Crippen LogP contribution in [0.1, 0.15) is 12.5 Å². The number of rotatable bonds is 5. The van der Waals surface area contributed by atoms with Crippen molar-refractivity contribution in [3.63, 3.8) is 0 Å². The molecule has 3 aliphatic rings. The standard InChI is InChI=1S/C21H30N8O4S/c1-13-12-33-7-6-28(13)21-25-18(14-8-23-20(22)24-9-14)15-4-5-29(19(15)26-21)16-10-27(34(3,30)31)11-17(16)32-2/h8-9,13,16-17H,4-7,10-12H2,1-3H3,(H2,22,23,24). The monoisotopic (exact) mass is 490 g/mol. The van der Waals surface area contributed by atoms with Gasteiger partial charge in [-0.1, -0.05) is 0 Å². The highest BCUT2D eigenvalue weighted by Crippen LogP contribution is 2.38. The highest BCUT2D eigenvalue weighted by molar-refractivity contribution is 7.88. The molecule has 0 amide bonds. The van der Waals surface area contributed by atoms with Crippen LogP contribution in [0.2, 0.25) is 0 Å². The zero-order valence-electron chi connectivity index (χ0n) is 19.6. The average molecular weight is 491 g/mol. The Morgan fingerprint density at radius 3 is 2.59 bits per heavy atom. The van der Waals surface area contributed by atoms with Gasteiger partial charge >= 0.3 is 0 Å². The molecule has 0 bridgehead atoms. The molecule has 0 radical (unpaired) electrons. The molecule has 2 fully saturated rings. The number of ether oxygens (including phenoxy) is 2. The summed E-state index contributed by atoms with van der Waals surface area (Å²) in [5.74, 6) is 1.62. The van der Waals surface area contributed by atoms with Crippen molar-refractivity contribution in [2.24, 2.45) is 0 Å². The van der Waals surface area contributed by atoms with E-state index in [0.29, 0.717) is 45.3 Å². The van der Waals surface area contributed by atoms with Gasteiger partial charge in [0.1, 0.15) is 5.82 Å². The number of fused-ring (bicyclic) bond motifs is 1. The second-order valence-corrected chi connectivity index (χ2v) is 11.0. The van der Waals surface area contributed by atoms with Crippen LogP contribution in [0.3, 0.4) is 0 Å². The van der Waals surface area contributed by atoms with E-state index >= 15 is 0 Å². The molecule has 34 heavy (non-hydrogen) atoms. The van der Waals surface area contributed by atoms with Crippen molar-refractivity contribution in [2.45, 2.75) is 31.5 Å². The molecule has 2 aromatic heterocycles. The van der Waals surface area contributed by atoms with E-state index in [-0.39, 0.29) is 24.1 Å². The molecule has 5 rings (SSSR count). The van der Waals surface area contributed by atoms with Crippen molar-refractivity contribution in [1.29, 1.82) is 0 Å². The smallest absolute Gasteiger partial charge is 0.228 e. The number of hydrogen-bond acceptors (Lipinski definition) is 11. The van der Waals surface area contributed by atoms with Gasteiger partial charge in [-0.2, -0.15) is 9.29 Å². The van der Waals surface area contributed by atoms with Gasteiger partial charge in [0.25, 0.3) is 0 Å². The Kier molecular flexibility index (Phi) is 6.04. The fraction of sp³-hybridized carbons (Fsp3) is 0.619. The molecule has 13 heteroatoms. The number of morpholine rings is 1. The van der Waals surface area contributed by atoms with Crippen molar-refractivity contribution < 1.29 is 17.9 Å². The number of nitrogen functional groups attached to an aromatic ring is 1. The van der Waals surface area contributed by atoms with E-state index < -0.39 is 10.0 Å². The molecule has 0 saturated carbocycles. The van der Waals surface area contributed by atoms with Crippen LogP contribution >= 0.6 is 0 Å². The third-order valence-electron chi connectivity index (χ3n) is 6.79. The van der Waals surface area contributed by atoms with Crippen molar-refractivity contribution in [1.82, 2.24) is 24.2 Å². The summed E-state index contributed by atoms with van der Waals surface area (Å²) >= 11 is 0. The van der Waals surface area contributed by atoms with E-state index in [0.717, 1.165) is 29.1 Å². The minimum absolute atomic E-state index is 0.121. The minimum atomic E-state index is -3.33. The first-order valence-corrected chi connectivity index (χ1v) is 13.2. The highest BCUT2D eigenvalue weighted by Gasteiger charge is 2.43. The van der Waals surface area contributed by atoms with E-state index in [1.54, 1.807) is 19.5 Å². The topological polar surface area (TPSA) is 140 Å². The Balaban J connectivity index is 1.59. The lowest BCUT2D eigenvalue weighted by atomic mass is 10.1. The quantitative estimate of drug-likeness (QED) is 0.594. The first-order valence-electron chi connectivity index (χ1n) is 11.3. The average Bonchev–Trinajstić information content (AvgIpc) is 3.43. The summed E-state index contributed by atoms with van der Waals surface area (Å²) in [6.07, 6.45) is 5.06. The van der Waals surface area contributed by atoms with Crippen molar-refractivity contribution >= 4 is 27.7 Å². The maximum absolute atomic E-state index is 12.2. The summed E-state index contributed by atoms with van der Waals surface area (Å²) < 4.78 is 37.3. The highest BCUT2D eigenvalue weighted by atomic mass is 32.2. The van der Waals surface area contributed by atoms with Gasteiger partial charge in [-0.05, 0) is 13.3 Å². The van der Waals surface area contributed by atoms with Crippen LogP contribution in [-0.4, -0.2) is 104 Å². The Bertz CT molecular complexity index is 1160. The van der Waals surface area contributed by atoms with Gasteiger partial charge < -0.3 is 25.0 Å². The van der Waals surface area contributed by atoms with Crippen LogP contribution in [0.15, 0.2) is 12.4 Å². The summed E-state index contributed by atoms with van der Waals surface area (Å²) in [7, 11) is -1.71. The molecule has 3 atom stereocenters. The molecule has 3 aliphatic heterocycles. The van der Waals surface area contributed by atoms with Crippen molar-refractivity contribution in [3.05, 3.63) is 18.0 Å². The van der Waals surface area contributed by atoms with Gasteiger partial charge in [0, 0.05) is 56.8 Å². The van der Waals surface area contributed by atoms with Crippen LogP contribution in [0.25, 0.3) is 11.3 Å². The first-order chi connectivity index (χ1) is 16.3. The molecule has 0 aliphatic carbocycles. The normalized spacial score (nSPS) is 25.7. The molecular weight excluding hydrogens is 460 g/mol. The summed E-state index contributed by atoms with van der Waals surface area (Å²) in [6, 6.07) is -0.0301. The second kappa shape index (κ2) is 8.87. The van der Waals surface area contributed by atoms with Crippen molar-refractivity contribution in [3.8, 4) is 11.3 Å². The number of aromatic nitrogens is 4. The lowest BCUT2D eigenvalue weighted by molar-refractivity contribution is 0.0980. The molecule has 5 heterocycles. The van der Waals surface area contributed by atoms with Gasteiger partial charge in [-0.15, -0.1) is 0 Å². The molecule has 0 spiro atoms. The number of anilines is 3. The predicted octanol–water partition coefficient (Wildman–Crippen LogP) is -0.238. The number of nitrogens with zero attached hydrogens (tertiary/aromatic N) is 7. The third kappa shape index (κ3) is 4.17. The maximum atomic E-state index is 12.2. The number of sulfonamides is 1. The van der Waals surface area contributed by atoms with Gasteiger partial charge in [0.15, 0.2) is 0 Å². The summed E-state index contributed by atoms with van der Waals surface area (Å²) in [4.78, 5) is 22.6. The molecule has 3 unspecified atom stereocenters. The summed E-state index contributed by atoms with van der Waals surface area (Å²) in [6.45, 7) is 5.34. The maximum Gasteiger partial charge on any atom is 0.228 e. The van der Waals surface area contributed by atoms with Crippen molar-refractivity contribution in [2.75, 3.05) is 68.3 Å². The fourth-order valence-corrected chi connectivity index (χ4v) is 5.81. The van der Waals surface area contributed by atoms with Crippen LogP contribution in [0, 0.1) is 0 Å². The SMILES string of the molecule is COC1CN(S(C)(=O)=O)CC1N1CCc2c(-c3cnc(N)nc3)nc(N3CCOCC3C)nc21. The zero-order chi connectivity index (χ0) is 24.0. The molecule has 184 valence electrons. The van der Waals surface area contributed by atoms with Gasteiger partial charge in [0.2, 0.25) is 21.9 Å². The first kappa shape index (κ1) is 23.1. The van der Waals surface area contributed by atoms with Crippen LogP contribution in [0.4, 0.5) is 17.7 Å². The van der Waals surface area contributed by atoms with E-state index in [1.165, 1.54) is 10.6 Å². The molecule has 2 saturated heterocycles. The lowest BCUT2D eigenvalue weighted by Gasteiger charge is -2.35. The second-order valence-electron chi connectivity index (χ2n) is 8.99. The predicted molar refractivity (Wildman–Crippen MR) is 127 cm³/mol. The Morgan fingerprint density at radius 1 is 1.15 bits per heavy atom. The number of nitrogens with two attached hydrogens (primary N) is 1. The third-order valence-corrected chi connectivity index (χ3v) is 8.03. The van der Waals surface area contributed by atoms with E-state index in [4.69, 9.17) is 25.2 Å². The molecule has 0 aromatic carbocycles. The molecular formula is C21H30N8O4S. The van der Waals surface area contributed by atoms with Crippen LogP contribution in [0.5, 0.6) is 0 Å². The fourth-order valence-electron chi connectivity index (χ4n) is 4.97. The summed E-state index contributed by atoms with van der Waals surface area (Å²) in [5.41, 5.74) is 8.24. The van der Waals surface area contributed by atoms with E-state index in [2.05, 4.69) is 26.7 Å². The molecule has 2 N–H and O–H groups in total. The van der Waals surface area contributed by atoms with Crippen LogP contribution < -0.4 is 15.5 Å². The van der Waals surface area contributed by atoms with Gasteiger partial charge in [0.05, 0.1) is 43.4 Å².